The summed E-state index contributed by atoms with van der Waals surface area (Å²) in [5.74, 6) is 2.43. The second-order valence-electron chi connectivity index (χ2n) is 7.32. The zero-order valence-corrected chi connectivity index (χ0v) is 17.7. The zero-order chi connectivity index (χ0) is 20.8. The van der Waals surface area contributed by atoms with Crippen molar-refractivity contribution >= 4 is 5.78 Å². The first-order valence-corrected chi connectivity index (χ1v) is 9.87. The molecule has 0 unspecified atom stereocenters. The highest BCUT2D eigenvalue weighted by molar-refractivity contribution is 5.94. The Morgan fingerprint density at radius 2 is 1.38 bits per heavy atom. The lowest BCUT2D eigenvalue weighted by atomic mass is 10.1. The zero-order valence-electron chi connectivity index (χ0n) is 17.7. The van der Waals surface area contributed by atoms with Gasteiger partial charge in [-0.1, -0.05) is 6.07 Å². The maximum atomic E-state index is 11.7. The molecule has 1 aliphatic rings. The van der Waals surface area contributed by atoms with Gasteiger partial charge in [-0.3, -0.25) is 14.6 Å². The molecule has 1 aliphatic heterocycles. The standard InChI is InChI=1S/C23H30N2O4/c1-17(26)19-6-8-21(27-2)20(14-19)16-25-11-9-24(10-12-25)15-18-5-7-22(28-3)23(13-18)29-4/h5-8,13-14H,9-12,15-16H2,1-4H3. The summed E-state index contributed by atoms with van der Waals surface area (Å²) in [4.78, 5) is 16.6. The Morgan fingerprint density at radius 3 is 1.97 bits per heavy atom. The number of nitrogens with zero attached hydrogens (tertiary/aromatic N) is 2. The molecule has 0 aliphatic carbocycles. The summed E-state index contributed by atoms with van der Waals surface area (Å²) in [7, 11) is 4.99. The summed E-state index contributed by atoms with van der Waals surface area (Å²) in [6.45, 7) is 7.19. The predicted molar refractivity (Wildman–Crippen MR) is 113 cm³/mol. The molecule has 2 aromatic carbocycles. The predicted octanol–water partition coefficient (Wildman–Crippen LogP) is 3.23. The summed E-state index contributed by atoms with van der Waals surface area (Å²) in [5.41, 5.74) is 3.01. The molecule has 29 heavy (non-hydrogen) atoms. The molecule has 0 atom stereocenters. The molecule has 156 valence electrons. The number of ether oxygens (including phenoxy) is 3. The number of carbonyl (C=O) groups is 1. The Kier molecular flexibility index (Phi) is 7.12. The van der Waals surface area contributed by atoms with Crippen molar-refractivity contribution in [1.29, 1.82) is 0 Å². The lowest BCUT2D eigenvalue weighted by Crippen LogP contribution is -2.45. The molecule has 0 aromatic heterocycles. The monoisotopic (exact) mass is 398 g/mol. The summed E-state index contributed by atoms with van der Waals surface area (Å²) in [6.07, 6.45) is 0. The van der Waals surface area contributed by atoms with Gasteiger partial charge in [0.05, 0.1) is 21.3 Å². The summed E-state index contributed by atoms with van der Waals surface area (Å²) in [6, 6.07) is 11.8. The second kappa shape index (κ2) is 9.76. The van der Waals surface area contributed by atoms with Crippen LogP contribution in [0.4, 0.5) is 0 Å². The molecule has 0 N–H and O–H groups in total. The van der Waals surface area contributed by atoms with Crippen molar-refractivity contribution in [3.05, 3.63) is 53.1 Å². The Morgan fingerprint density at radius 1 is 0.793 bits per heavy atom. The van der Waals surface area contributed by atoms with E-state index in [-0.39, 0.29) is 5.78 Å². The number of rotatable bonds is 8. The number of benzene rings is 2. The molecule has 0 spiro atoms. The van der Waals surface area contributed by atoms with Gasteiger partial charge < -0.3 is 14.2 Å². The molecular formula is C23H30N2O4. The number of methoxy groups -OCH3 is 3. The lowest BCUT2D eigenvalue weighted by molar-refractivity contribution is 0.101. The highest BCUT2D eigenvalue weighted by Gasteiger charge is 2.19. The van der Waals surface area contributed by atoms with Gasteiger partial charge in [0.25, 0.3) is 0 Å². The minimum Gasteiger partial charge on any atom is -0.496 e. The van der Waals surface area contributed by atoms with E-state index < -0.39 is 0 Å². The van der Waals surface area contributed by atoms with Crippen molar-refractivity contribution in [2.45, 2.75) is 20.0 Å². The van der Waals surface area contributed by atoms with Gasteiger partial charge in [-0.15, -0.1) is 0 Å². The van der Waals surface area contributed by atoms with Gasteiger partial charge >= 0.3 is 0 Å². The molecule has 3 rings (SSSR count). The van der Waals surface area contributed by atoms with Crippen LogP contribution in [0.2, 0.25) is 0 Å². The Hall–Kier alpha value is -2.57. The first-order valence-electron chi connectivity index (χ1n) is 9.87. The quantitative estimate of drug-likeness (QED) is 0.637. The molecule has 0 saturated carbocycles. The van der Waals surface area contributed by atoms with Crippen LogP contribution in [0.1, 0.15) is 28.4 Å². The summed E-state index contributed by atoms with van der Waals surface area (Å²) < 4.78 is 16.2. The lowest BCUT2D eigenvalue weighted by Gasteiger charge is -2.35. The van der Waals surface area contributed by atoms with Gasteiger partial charge in [0, 0.05) is 50.4 Å². The van der Waals surface area contributed by atoms with E-state index in [4.69, 9.17) is 14.2 Å². The van der Waals surface area contributed by atoms with Gasteiger partial charge in [0.1, 0.15) is 5.75 Å². The molecule has 0 bridgehead atoms. The molecule has 1 saturated heterocycles. The first kappa shape index (κ1) is 21.1. The highest BCUT2D eigenvalue weighted by atomic mass is 16.5. The van der Waals surface area contributed by atoms with Crippen LogP contribution in [0.15, 0.2) is 36.4 Å². The SMILES string of the molecule is COc1ccc(C(C)=O)cc1CN1CCN(Cc2ccc(OC)c(OC)c2)CC1. The van der Waals surface area contributed by atoms with Crippen LogP contribution in [-0.4, -0.2) is 63.1 Å². The Bertz CT molecular complexity index is 845. The number of hydrogen-bond donors (Lipinski definition) is 0. The van der Waals surface area contributed by atoms with Crippen LogP contribution in [0.3, 0.4) is 0 Å². The maximum absolute atomic E-state index is 11.7. The van der Waals surface area contributed by atoms with E-state index in [1.807, 2.05) is 30.3 Å². The van der Waals surface area contributed by atoms with Crippen molar-refractivity contribution in [2.75, 3.05) is 47.5 Å². The van der Waals surface area contributed by atoms with E-state index in [2.05, 4.69) is 15.9 Å². The van der Waals surface area contributed by atoms with Gasteiger partial charge in [-0.25, -0.2) is 0 Å². The van der Waals surface area contributed by atoms with E-state index in [0.717, 1.165) is 67.6 Å². The average molecular weight is 399 g/mol. The molecule has 0 amide bonds. The third-order valence-electron chi connectivity index (χ3n) is 5.40. The van der Waals surface area contributed by atoms with Gasteiger partial charge in [-0.05, 0) is 42.8 Å². The van der Waals surface area contributed by atoms with Crippen molar-refractivity contribution in [3.63, 3.8) is 0 Å². The van der Waals surface area contributed by atoms with Crippen LogP contribution < -0.4 is 14.2 Å². The highest BCUT2D eigenvalue weighted by Crippen LogP contribution is 2.28. The fourth-order valence-corrected chi connectivity index (χ4v) is 3.70. The molecule has 6 nitrogen and oxygen atoms in total. The van der Waals surface area contributed by atoms with E-state index in [1.54, 1.807) is 28.3 Å². The second-order valence-corrected chi connectivity index (χ2v) is 7.32. The summed E-state index contributed by atoms with van der Waals surface area (Å²) in [5, 5.41) is 0. The molecular weight excluding hydrogens is 368 g/mol. The number of ketones is 1. The normalized spacial score (nSPS) is 15.2. The van der Waals surface area contributed by atoms with Crippen LogP contribution in [0, 0.1) is 0 Å². The number of hydrogen-bond acceptors (Lipinski definition) is 6. The number of piperazine rings is 1. The minimum absolute atomic E-state index is 0.0774. The number of Topliss-reactive ketones (excluding diaryl/α,β-unsaturated/α-hetero) is 1. The van der Waals surface area contributed by atoms with Crippen molar-refractivity contribution in [3.8, 4) is 17.2 Å². The van der Waals surface area contributed by atoms with Gasteiger partial charge in [0.15, 0.2) is 17.3 Å². The minimum atomic E-state index is 0.0774. The molecule has 2 aromatic rings. The fourth-order valence-electron chi connectivity index (χ4n) is 3.70. The van der Waals surface area contributed by atoms with Gasteiger partial charge in [-0.2, -0.15) is 0 Å². The molecule has 0 radical (unpaired) electrons. The smallest absolute Gasteiger partial charge is 0.161 e. The van der Waals surface area contributed by atoms with Gasteiger partial charge in [0.2, 0.25) is 0 Å². The van der Waals surface area contributed by atoms with Crippen LogP contribution >= 0.6 is 0 Å². The molecule has 6 heteroatoms. The van der Waals surface area contributed by atoms with Crippen LogP contribution in [0.25, 0.3) is 0 Å². The Balaban J connectivity index is 1.58. The third kappa shape index (κ3) is 5.28. The van der Waals surface area contributed by atoms with E-state index in [0.29, 0.717) is 0 Å². The third-order valence-corrected chi connectivity index (χ3v) is 5.40. The van der Waals surface area contributed by atoms with Crippen molar-refractivity contribution in [2.24, 2.45) is 0 Å². The van der Waals surface area contributed by atoms with E-state index >= 15 is 0 Å². The molecule has 1 fully saturated rings. The summed E-state index contributed by atoms with van der Waals surface area (Å²) >= 11 is 0. The van der Waals surface area contributed by atoms with E-state index in [1.165, 1.54) is 5.56 Å². The van der Waals surface area contributed by atoms with Crippen molar-refractivity contribution < 1.29 is 19.0 Å². The maximum Gasteiger partial charge on any atom is 0.161 e. The van der Waals surface area contributed by atoms with Crippen molar-refractivity contribution in [1.82, 2.24) is 9.80 Å². The van der Waals surface area contributed by atoms with E-state index in [9.17, 15) is 4.79 Å². The number of carbonyl (C=O) groups excluding carboxylic acids is 1. The molecule has 1 heterocycles. The first-order chi connectivity index (χ1) is 14.0. The van der Waals surface area contributed by atoms with Crippen LogP contribution in [-0.2, 0) is 13.1 Å². The average Bonchev–Trinajstić information content (AvgIpc) is 2.74. The Labute approximate surface area is 173 Å². The van der Waals surface area contributed by atoms with Crippen LogP contribution in [0.5, 0.6) is 17.2 Å². The fraction of sp³-hybridized carbons (Fsp3) is 0.435. The topological polar surface area (TPSA) is 51.2 Å². The largest absolute Gasteiger partial charge is 0.496 e.